The van der Waals surface area contributed by atoms with Crippen molar-refractivity contribution in [3.8, 4) is 0 Å². The van der Waals surface area contributed by atoms with E-state index < -0.39 is 17.6 Å². The maximum absolute atomic E-state index is 12.7. The number of nitrogens with one attached hydrogen (secondary N) is 2. The van der Waals surface area contributed by atoms with Gasteiger partial charge in [0.2, 0.25) is 0 Å². The molecule has 1 aromatic carbocycles. The summed E-state index contributed by atoms with van der Waals surface area (Å²) in [4.78, 5) is 12.1. The summed E-state index contributed by atoms with van der Waals surface area (Å²) in [5, 5.41) is 2.76. The largest absolute Gasteiger partial charge is 0.416 e. The van der Waals surface area contributed by atoms with Gasteiger partial charge in [0.25, 0.3) is 5.91 Å². The van der Waals surface area contributed by atoms with Crippen molar-refractivity contribution in [3.63, 3.8) is 0 Å². The van der Waals surface area contributed by atoms with Crippen LogP contribution in [0.5, 0.6) is 0 Å². The smallest absolute Gasteiger partial charge is 0.347 e. The average Bonchev–Trinajstić information content (AvgIpc) is 2.34. The number of halogens is 3. The van der Waals surface area contributed by atoms with E-state index in [1.165, 1.54) is 0 Å². The number of carbonyl (C=O) groups is 1. The Morgan fingerprint density at radius 3 is 2.45 bits per heavy atom. The molecule has 1 amide bonds. The van der Waals surface area contributed by atoms with Gasteiger partial charge in [0.15, 0.2) is 0 Å². The van der Waals surface area contributed by atoms with Gasteiger partial charge in [-0.05, 0) is 44.4 Å². The molecular formula is C13H16F3N3O. The highest BCUT2D eigenvalue weighted by Crippen LogP contribution is 2.34. The second-order valence-electron chi connectivity index (χ2n) is 5.27. The van der Waals surface area contributed by atoms with Crippen molar-refractivity contribution in [1.29, 1.82) is 0 Å². The van der Waals surface area contributed by atoms with Crippen molar-refractivity contribution in [2.24, 2.45) is 5.84 Å². The lowest BCUT2D eigenvalue weighted by Crippen LogP contribution is -2.51. The molecular weight excluding hydrogens is 271 g/mol. The summed E-state index contributed by atoms with van der Waals surface area (Å²) in [6.07, 6.45) is -1.85. The lowest BCUT2D eigenvalue weighted by Gasteiger charge is -2.39. The summed E-state index contributed by atoms with van der Waals surface area (Å²) in [6.45, 7) is 1.87. The molecule has 0 atom stereocenters. The van der Waals surface area contributed by atoms with Crippen LogP contribution < -0.4 is 16.6 Å². The fraction of sp³-hybridized carbons (Fsp3) is 0.462. The van der Waals surface area contributed by atoms with Crippen molar-refractivity contribution in [2.45, 2.75) is 37.9 Å². The SMILES string of the molecule is CC1(NC(=O)c2cc(C(F)(F)F)ccc2NN)CCC1. The Bertz CT molecular complexity index is 524. The van der Waals surface area contributed by atoms with Crippen LogP contribution in [0.2, 0.25) is 0 Å². The first-order valence-corrected chi connectivity index (χ1v) is 6.25. The van der Waals surface area contributed by atoms with Gasteiger partial charge in [-0.3, -0.25) is 10.6 Å². The number of rotatable bonds is 3. The number of hydrogen-bond donors (Lipinski definition) is 3. The minimum atomic E-state index is -4.50. The van der Waals surface area contributed by atoms with Crippen molar-refractivity contribution < 1.29 is 18.0 Å². The molecule has 4 nitrogen and oxygen atoms in total. The van der Waals surface area contributed by atoms with Crippen LogP contribution in [0.3, 0.4) is 0 Å². The van der Waals surface area contributed by atoms with E-state index in [0.29, 0.717) is 0 Å². The monoisotopic (exact) mass is 287 g/mol. The van der Waals surface area contributed by atoms with Crippen LogP contribution in [0.25, 0.3) is 0 Å². The van der Waals surface area contributed by atoms with Gasteiger partial charge in [0.05, 0.1) is 16.8 Å². The lowest BCUT2D eigenvalue weighted by atomic mass is 9.78. The van der Waals surface area contributed by atoms with E-state index >= 15 is 0 Å². The first-order chi connectivity index (χ1) is 9.25. The number of hydrazine groups is 1. The maximum atomic E-state index is 12.7. The molecule has 2 rings (SSSR count). The highest BCUT2D eigenvalue weighted by Gasteiger charge is 2.35. The summed E-state index contributed by atoms with van der Waals surface area (Å²) < 4.78 is 38.1. The maximum Gasteiger partial charge on any atom is 0.416 e. The fourth-order valence-corrected chi connectivity index (χ4v) is 2.21. The molecule has 0 saturated heterocycles. The second kappa shape index (κ2) is 4.97. The van der Waals surface area contributed by atoms with E-state index in [-0.39, 0.29) is 16.8 Å². The van der Waals surface area contributed by atoms with Gasteiger partial charge < -0.3 is 10.7 Å². The van der Waals surface area contributed by atoms with Crippen molar-refractivity contribution >= 4 is 11.6 Å². The highest BCUT2D eigenvalue weighted by molar-refractivity contribution is 6.00. The molecule has 0 spiro atoms. The third-order valence-corrected chi connectivity index (χ3v) is 3.62. The number of carbonyl (C=O) groups excluding carboxylic acids is 1. The molecule has 1 fully saturated rings. The molecule has 4 N–H and O–H groups in total. The highest BCUT2D eigenvalue weighted by atomic mass is 19.4. The standard InChI is InChI=1S/C13H16F3N3O/c1-12(5-2-6-12)18-11(20)9-7-8(13(14,15)16)3-4-10(9)19-17/h3-4,7,19H,2,5-6,17H2,1H3,(H,18,20). The molecule has 110 valence electrons. The van der Waals surface area contributed by atoms with Gasteiger partial charge in [-0.2, -0.15) is 13.2 Å². The van der Waals surface area contributed by atoms with Crippen LogP contribution in [0, 0.1) is 0 Å². The van der Waals surface area contributed by atoms with E-state index in [0.717, 1.165) is 37.5 Å². The fourth-order valence-electron chi connectivity index (χ4n) is 2.21. The quantitative estimate of drug-likeness (QED) is 0.591. The zero-order valence-corrected chi connectivity index (χ0v) is 11.0. The van der Waals surface area contributed by atoms with Gasteiger partial charge in [-0.15, -0.1) is 0 Å². The van der Waals surface area contributed by atoms with Gasteiger partial charge >= 0.3 is 6.18 Å². The molecule has 1 aromatic rings. The zero-order chi connectivity index (χ0) is 15.0. The normalized spacial score (nSPS) is 17.2. The predicted octanol–water partition coefficient (Wildman–Crippen LogP) is 2.66. The Morgan fingerprint density at radius 2 is 2.00 bits per heavy atom. The topological polar surface area (TPSA) is 67.2 Å². The minimum Gasteiger partial charge on any atom is -0.347 e. The molecule has 0 aromatic heterocycles. The predicted molar refractivity (Wildman–Crippen MR) is 69.0 cm³/mol. The molecule has 1 aliphatic carbocycles. The summed E-state index contributed by atoms with van der Waals surface area (Å²) in [7, 11) is 0. The Morgan fingerprint density at radius 1 is 1.35 bits per heavy atom. The van der Waals surface area contributed by atoms with E-state index in [1.54, 1.807) is 0 Å². The number of nitrogen functional groups attached to an aromatic ring is 1. The Labute approximate surface area is 114 Å². The van der Waals surface area contributed by atoms with Gasteiger partial charge in [0, 0.05) is 5.54 Å². The Kier molecular flexibility index (Phi) is 3.64. The average molecular weight is 287 g/mol. The molecule has 0 aliphatic heterocycles. The van der Waals surface area contributed by atoms with Crippen LogP contribution in [0.1, 0.15) is 42.1 Å². The molecule has 0 bridgehead atoms. The summed E-state index contributed by atoms with van der Waals surface area (Å²) >= 11 is 0. The third-order valence-electron chi connectivity index (χ3n) is 3.62. The van der Waals surface area contributed by atoms with Gasteiger partial charge in [-0.1, -0.05) is 0 Å². The first-order valence-electron chi connectivity index (χ1n) is 6.25. The lowest BCUT2D eigenvalue weighted by molar-refractivity contribution is -0.137. The number of amides is 1. The molecule has 20 heavy (non-hydrogen) atoms. The molecule has 1 aliphatic rings. The summed E-state index contributed by atoms with van der Waals surface area (Å²) in [5.41, 5.74) is 1.10. The van der Waals surface area contributed by atoms with Gasteiger partial charge in [0.1, 0.15) is 0 Å². The van der Waals surface area contributed by atoms with E-state index in [2.05, 4.69) is 10.7 Å². The third kappa shape index (κ3) is 2.87. The summed E-state index contributed by atoms with van der Waals surface area (Å²) in [5.74, 6) is 4.70. The van der Waals surface area contributed by atoms with Gasteiger partial charge in [-0.25, -0.2) is 0 Å². The van der Waals surface area contributed by atoms with Crippen molar-refractivity contribution in [2.75, 3.05) is 5.43 Å². The number of anilines is 1. The van der Waals surface area contributed by atoms with E-state index in [9.17, 15) is 18.0 Å². The number of hydrogen-bond acceptors (Lipinski definition) is 3. The molecule has 0 heterocycles. The Balaban J connectivity index is 2.30. The van der Waals surface area contributed by atoms with Crippen LogP contribution in [0.4, 0.5) is 18.9 Å². The van der Waals surface area contributed by atoms with Crippen molar-refractivity contribution in [3.05, 3.63) is 29.3 Å². The Hall–Kier alpha value is -1.76. The van der Waals surface area contributed by atoms with Crippen LogP contribution in [-0.2, 0) is 6.18 Å². The van der Waals surface area contributed by atoms with E-state index in [1.807, 2.05) is 6.92 Å². The zero-order valence-electron chi connectivity index (χ0n) is 11.0. The van der Waals surface area contributed by atoms with Crippen LogP contribution in [0.15, 0.2) is 18.2 Å². The van der Waals surface area contributed by atoms with E-state index in [4.69, 9.17) is 5.84 Å². The minimum absolute atomic E-state index is 0.101. The van der Waals surface area contributed by atoms with Crippen molar-refractivity contribution in [1.82, 2.24) is 5.32 Å². The number of nitrogens with two attached hydrogens (primary N) is 1. The van der Waals surface area contributed by atoms with Crippen LogP contribution >= 0.6 is 0 Å². The molecule has 0 unspecified atom stereocenters. The van der Waals surface area contributed by atoms with Crippen LogP contribution in [-0.4, -0.2) is 11.4 Å². The number of benzene rings is 1. The molecule has 1 saturated carbocycles. The number of alkyl halides is 3. The molecule has 7 heteroatoms. The summed E-state index contributed by atoms with van der Waals surface area (Å²) in [6, 6.07) is 2.85. The first kappa shape index (κ1) is 14.6. The molecule has 0 radical (unpaired) electrons. The second-order valence-corrected chi connectivity index (χ2v) is 5.27.